The molecule has 6 heteroatoms. The van der Waals surface area contributed by atoms with Crippen molar-refractivity contribution in [2.45, 2.75) is 4.90 Å². The minimum absolute atomic E-state index is 0.0999. The zero-order chi connectivity index (χ0) is 9.14. The number of nitriles is 1. The molecule has 0 amide bonds. The van der Waals surface area contributed by atoms with Crippen LogP contribution in [0.4, 0.5) is 0 Å². The second kappa shape index (κ2) is 3.07. The van der Waals surface area contributed by atoms with Gasteiger partial charge in [0.15, 0.2) is 0 Å². The first-order chi connectivity index (χ1) is 5.65. The van der Waals surface area contributed by atoms with Gasteiger partial charge in [0.1, 0.15) is 10.3 Å². The van der Waals surface area contributed by atoms with Gasteiger partial charge in [0.25, 0.3) is 5.56 Å². The highest BCUT2D eigenvalue weighted by molar-refractivity contribution is 8.03. The zero-order valence-corrected chi connectivity index (χ0v) is 5.99. The second-order valence-electron chi connectivity index (χ2n) is 1.56. The van der Waals surface area contributed by atoms with Crippen molar-refractivity contribution in [3.05, 3.63) is 27.0 Å². The fraction of sp³-hybridized carbons (Fsp3) is 0. The molecule has 0 saturated carbocycles. The van der Waals surface area contributed by atoms with Crippen LogP contribution in [0.1, 0.15) is 1.37 Å². The van der Waals surface area contributed by atoms with Crippen molar-refractivity contribution in [3.8, 4) is 5.40 Å². The van der Waals surface area contributed by atoms with E-state index in [2.05, 4.69) is 0 Å². The van der Waals surface area contributed by atoms with Gasteiger partial charge in [0.2, 0.25) is 0 Å². The van der Waals surface area contributed by atoms with Crippen molar-refractivity contribution in [2.24, 2.45) is 0 Å². The average molecular weight is 170 g/mol. The number of aromatic nitrogens is 2. The number of aromatic amines is 2. The lowest BCUT2D eigenvalue weighted by Crippen LogP contribution is -2.22. The van der Waals surface area contributed by atoms with Crippen LogP contribution in [0.2, 0.25) is 0 Å². The molecule has 0 saturated heterocycles. The Bertz CT molecular complexity index is 443. The van der Waals surface area contributed by atoms with E-state index >= 15 is 0 Å². The summed E-state index contributed by atoms with van der Waals surface area (Å²) >= 11 is 0.541. The van der Waals surface area contributed by atoms with E-state index in [9.17, 15) is 9.59 Å². The third-order valence-electron chi connectivity index (χ3n) is 0.871. The van der Waals surface area contributed by atoms with Crippen molar-refractivity contribution in [1.29, 1.82) is 5.26 Å². The average Bonchev–Trinajstić information content (AvgIpc) is 1.96. The number of nitrogens with one attached hydrogen (secondary N) is 2. The largest absolute Gasteiger partial charge is 0.325 e. The van der Waals surface area contributed by atoms with E-state index < -0.39 is 11.2 Å². The molecule has 1 heterocycles. The lowest BCUT2D eigenvalue weighted by atomic mass is 10.7. The fourth-order valence-electron chi connectivity index (χ4n) is 0.479. The predicted molar refractivity (Wildman–Crippen MR) is 39.2 cm³/mol. The Morgan fingerprint density at radius 1 is 1.73 bits per heavy atom. The van der Waals surface area contributed by atoms with Crippen molar-refractivity contribution in [2.75, 3.05) is 0 Å². The normalized spacial score (nSPS) is 10.3. The van der Waals surface area contributed by atoms with Gasteiger partial charge in [-0.3, -0.25) is 9.78 Å². The standard InChI is InChI=1S/C5H3N3O2S/c6-2-11-3-1-7-5(10)8-4(3)9/h1H,(H2,7,8,9,10)/i1D. The molecule has 0 aromatic carbocycles. The summed E-state index contributed by atoms with van der Waals surface area (Å²) in [6, 6.07) is 0. The van der Waals surface area contributed by atoms with Crippen LogP contribution < -0.4 is 11.2 Å². The molecule has 1 aromatic heterocycles. The summed E-state index contributed by atoms with van der Waals surface area (Å²) < 4.78 is 7.11. The van der Waals surface area contributed by atoms with Crippen molar-refractivity contribution in [1.82, 2.24) is 9.97 Å². The van der Waals surface area contributed by atoms with E-state index in [-0.39, 0.29) is 11.1 Å². The summed E-state index contributed by atoms with van der Waals surface area (Å²) in [6.07, 6.45) is -0.338. The third-order valence-corrected chi connectivity index (χ3v) is 1.45. The minimum Gasteiger partial charge on any atom is -0.313 e. The van der Waals surface area contributed by atoms with Gasteiger partial charge in [-0.15, -0.1) is 0 Å². The molecule has 1 rings (SSSR count). The Morgan fingerprint density at radius 2 is 2.45 bits per heavy atom. The maximum absolute atomic E-state index is 10.9. The van der Waals surface area contributed by atoms with Gasteiger partial charge in [-0.25, -0.2) is 4.79 Å². The van der Waals surface area contributed by atoms with Crippen LogP contribution in [-0.2, 0) is 0 Å². The highest BCUT2D eigenvalue weighted by Crippen LogP contribution is 2.06. The smallest absolute Gasteiger partial charge is 0.313 e. The number of H-pyrrole nitrogens is 2. The van der Waals surface area contributed by atoms with Crippen LogP contribution in [0.15, 0.2) is 20.7 Å². The third kappa shape index (κ3) is 1.72. The number of rotatable bonds is 1. The predicted octanol–water partition coefficient (Wildman–Crippen LogP) is -0.364. The topological polar surface area (TPSA) is 89.5 Å². The van der Waals surface area contributed by atoms with Crippen molar-refractivity contribution >= 4 is 11.8 Å². The highest BCUT2D eigenvalue weighted by atomic mass is 32.2. The number of hydrogen-bond donors (Lipinski definition) is 2. The zero-order valence-electron chi connectivity index (χ0n) is 6.17. The molecule has 0 aliphatic heterocycles. The van der Waals surface area contributed by atoms with Gasteiger partial charge in [-0.1, -0.05) is 0 Å². The Labute approximate surface area is 66.5 Å². The number of thioether (sulfide) groups is 1. The van der Waals surface area contributed by atoms with Gasteiger partial charge in [0, 0.05) is 6.17 Å². The van der Waals surface area contributed by atoms with Crippen molar-refractivity contribution in [3.63, 3.8) is 0 Å². The van der Waals surface area contributed by atoms with Crippen LogP contribution in [0.5, 0.6) is 0 Å². The first-order valence-electron chi connectivity index (χ1n) is 3.04. The van der Waals surface area contributed by atoms with E-state index in [1.807, 2.05) is 9.97 Å². The molecule has 0 bridgehead atoms. The molecular weight excluding hydrogens is 166 g/mol. The Kier molecular flexibility index (Phi) is 1.74. The SMILES string of the molecule is [2H]c1[nH]c(=O)[nH]c(=O)c1SC#N. The lowest BCUT2D eigenvalue weighted by Gasteiger charge is -1.87. The molecule has 0 unspecified atom stereocenters. The van der Waals surface area contributed by atoms with Crippen LogP contribution in [0, 0.1) is 10.7 Å². The van der Waals surface area contributed by atoms with Gasteiger partial charge in [-0.05, 0) is 11.8 Å². The van der Waals surface area contributed by atoms with E-state index in [1.165, 1.54) is 0 Å². The molecule has 5 nitrogen and oxygen atoms in total. The van der Waals surface area contributed by atoms with Gasteiger partial charge >= 0.3 is 5.69 Å². The maximum Gasteiger partial charge on any atom is 0.325 e. The highest BCUT2D eigenvalue weighted by Gasteiger charge is 1.98. The van der Waals surface area contributed by atoms with E-state index in [0.29, 0.717) is 11.8 Å². The van der Waals surface area contributed by atoms with Crippen LogP contribution in [0.25, 0.3) is 0 Å². The summed E-state index contributed by atoms with van der Waals surface area (Å²) in [6.45, 7) is 0. The molecular formula is C5H3N3O2S. The molecule has 0 aliphatic carbocycles. The summed E-state index contributed by atoms with van der Waals surface area (Å²) in [5.74, 6) is 0. The van der Waals surface area contributed by atoms with E-state index in [0.717, 1.165) is 0 Å². The minimum atomic E-state index is -0.743. The monoisotopic (exact) mass is 170 g/mol. The molecule has 0 spiro atoms. The molecule has 0 radical (unpaired) electrons. The van der Waals surface area contributed by atoms with Gasteiger partial charge < -0.3 is 4.98 Å². The van der Waals surface area contributed by atoms with Crippen LogP contribution in [0.3, 0.4) is 0 Å². The lowest BCUT2D eigenvalue weighted by molar-refractivity contribution is 0.978. The molecule has 56 valence electrons. The maximum atomic E-state index is 10.9. The van der Waals surface area contributed by atoms with Gasteiger partial charge in [-0.2, -0.15) is 5.26 Å². The van der Waals surface area contributed by atoms with Gasteiger partial charge in [0.05, 0.1) is 1.37 Å². The van der Waals surface area contributed by atoms with Crippen LogP contribution in [-0.4, -0.2) is 9.97 Å². The molecule has 0 aliphatic rings. The quantitative estimate of drug-likeness (QED) is 0.444. The molecule has 11 heavy (non-hydrogen) atoms. The summed E-state index contributed by atoms with van der Waals surface area (Å²) in [7, 11) is 0. The summed E-state index contributed by atoms with van der Waals surface area (Å²) in [4.78, 5) is 25.3. The first kappa shape index (κ1) is 6.24. The Balaban J connectivity index is 3.41. The fourth-order valence-corrected chi connectivity index (χ4v) is 0.816. The number of nitrogens with zero attached hydrogens (tertiary/aromatic N) is 1. The van der Waals surface area contributed by atoms with Crippen molar-refractivity contribution < 1.29 is 1.37 Å². The van der Waals surface area contributed by atoms with Crippen LogP contribution >= 0.6 is 11.8 Å². The molecule has 0 atom stereocenters. The summed E-state index contributed by atoms with van der Waals surface area (Å²) in [5.41, 5.74) is -1.46. The number of thiocyanates is 1. The Morgan fingerprint density at radius 3 is 3.00 bits per heavy atom. The molecule has 0 fully saturated rings. The second-order valence-corrected chi connectivity index (χ2v) is 2.35. The molecule has 1 aromatic rings. The summed E-state index contributed by atoms with van der Waals surface area (Å²) in [5, 5.41) is 9.86. The van der Waals surface area contributed by atoms with E-state index in [1.54, 1.807) is 5.40 Å². The number of hydrogen-bond acceptors (Lipinski definition) is 4. The Hall–Kier alpha value is -1.48. The molecule has 2 N–H and O–H groups in total. The first-order valence-corrected chi connectivity index (χ1v) is 3.36. The van der Waals surface area contributed by atoms with E-state index in [4.69, 9.17) is 6.63 Å².